The summed E-state index contributed by atoms with van der Waals surface area (Å²) in [5, 5.41) is 1.52. The summed E-state index contributed by atoms with van der Waals surface area (Å²) in [6, 6.07) is 3.20. The maximum atomic E-state index is 12.0. The minimum absolute atomic E-state index is 0.217. The molecule has 90 valence electrons. The molecular formula is C11H12N2O4. The summed E-state index contributed by atoms with van der Waals surface area (Å²) in [5.41, 5.74) is 0. The number of likely N-dealkylation sites (N-methyl/N-ethyl adjacent to an activating group) is 1. The van der Waals surface area contributed by atoms with Gasteiger partial charge in [0.1, 0.15) is 17.7 Å². The zero-order valence-corrected chi connectivity index (χ0v) is 9.49. The first-order valence-electron chi connectivity index (χ1n) is 5.35. The molecule has 2 saturated heterocycles. The van der Waals surface area contributed by atoms with Gasteiger partial charge in [-0.3, -0.25) is 19.3 Å². The summed E-state index contributed by atoms with van der Waals surface area (Å²) in [4.78, 5) is 30.3. The molecule has 0 aromatic carbocycles. The van der Waals surface area contributed by atoms with Crippen LogP contribution in [0.3, 0.4) is 0 Å². The Balaban J connectivity index is 2.01. The Morgan fingerprint density at radius 1 is 1.24 bits per heavy atom. The molecule has 6 nitrogen and oxygen atoms in total. The molecule has 2 aliphatic heterocycles. The molecule has 0 saturated carbocycles. The fraction of sp³-hybridized carbons (Fsp3) is 0.455. The first-order chi connectivity index (χ1) is 8.11. The van der Waals surface area contributed by atoms with Gasteiger partial charge in [-0.2, -0.15) is 5.06 Å². The van der Waals surface area contributed by atoms with Crippen molar-refractivity contribution in [3.63, 3.8) is 0 Å². The largest absolute Gasteiger partial charge is 0.468 e. The highest BCUT2D eigenvalue weighted by atomic mass is 16.7. The van der Waals surface area contributed by atoms with Crippen LogP contribution in [0.5, 0.6) is 0 Å². The molecule has 1 aromatic rings. The van der Waals surface area contributed by atoms with Crippen molar-refractivity contribution in [3.05, 3.63) is 24.2 Å². The lowest BCUT2D eigenvalue weighted by molar-refractivity contribution is -0.170. The van der Waals surface area contributed by atoms with Gasteiger partial charge in [0.15, 0.2) is 6.10 Å². The molecule has 0 spiro atoms. The number of amides is 2. The van der Waals surface area contributed by atoms with Gasteiger partial charge in [-0.15, -0.1) is 0 Å². The number of nitrogens with zero attached hydrogens (tertiary/aromatic N) is 2. The second-order valence-electron chi connectivity index (χ2n) is 4.29. The van der Waals surface area contributed by atoms with Crippen LogP contribution in [0, 0.1) is 5.92 Å². The van der Waals surface area contributed by atoms with E-state index in [0.29, 0.717) is 5.76 Å². The third-order valence-corrected chi connectivity index (χ3v) is 3.36. The van der Waals surface area contributed by atoms with Crippen LogP contribution in [0.15, 0.2) is 22.8 Å². The van der Waals surface area contributed by atoms with Crippen molar-refractivity contribution in [2.45, 2.75) is 12.1 Å². The first-order valence-corrected chi connectivity index (χ1v) is 5.35. The number of hydrogen-bond donors (Lipinski definition) is 0. The Bertz CT molecular complexity index is 470. The van der Waals surface area contributed by atoms with E-state index in [-0.39, 0.29) is 17.9 Å². The Morgan fingerprint density at radius 2 is 2.00 bits per heavy atom. The van der Waals surface area contributed by atoms with Crippen LogP contribution in [0.2, 0.25) is 0 Å². The van der Waals surface area contributed by atoms with Gasteiger partial charge in [0.2, 0.25) is 5.91 Å². The highest BCUT2D eigenvalue weighted by Crippen LogP contribution is 2.43. The van der Waals surface area contributed by atoms with Crippen molar-refractivity contribution in [1.29, 1.82) is 0 Å². The van der Waals surface area contributed by atoms with E-state index in [1.54, 1.807) is 25.4 Å². The maximum absolute atomic E-state index is 12.0. The fourth-order valence-electron chi connectivity index (χ4n) is 2.50. The summed E-state index contributed by atoms with van der Waals surface area (Å²) in [6.45, 7) is 0. The molecule has 0 bridgehead atoms. The van der Waals surface area contributed by atoms with Crippen LogP contribution in [0.25, 0.3) is 0 Å². The molecule has 17 heavy (non-hydrogen) atoms. The van der Waals surface area contributed by atoms with Crippen molar-refractivity contribution in [3.8, 4) is 0 Å². The van der Waals surface area contributed by atoms with Crippen molar-refractivity contribution >= 4 is 11.8 Å². The fourth-order valence-corrected chi connectivity index (χ4v) is 2.50. The molecule has 0 unspecified atom stereocenters. The maximum Gasteiger partial charge on any atom is 0.261 e. The third kappa shape index (κ3) is 1.28. The second-order valence-corrected chi connectivity index (χ2v) is 4.29. The Morgan fingerprint density at radius 3 is 2.65 bits per heavy atom. The zero-order valence-electron chi connectivity index (χ0n) is 9.49. The van der Waals surface area contributed by atoms with Gasteiger partial charge in [0.05, 0.1) is 6.26 Å². The number of rotatable bonds is 1. The lowest BCUT2D eigenvalue weighted by Gasteiger charge is -2.20. The van der Waals surface area contributed by atoms with Crippen LogP contribution in [0.4, 0.5) is 0 Å². The van der Waals surface area contributed by atoms with E-state index < -0.39 is 12.0 Å². The predicted octanol–water partition coefficient (Wildman–Crippen LogP) is 0.181. The number of carbonyl (C=O) groups is 2. The van der Waals surface area contributed by atoms with Crippen molar-refractivity contribution in [1.82, 2.24) is 9.96 Å². The van der Waals surface area contributed by atoms with Crippen molar-refractivity contribution in [2.24, 2.45) is 5.92 Å². The highest BCUT2D eigenvalue weighted by Gasteiger charge is 2.58. The van der Waals surface area contributed by atoms with Gasteiger partial charge < -0.3 is 4.42 Å². The number of fused-ring (bicyclic) bond motifs is 1. The SMILES string of the molecule is CN1C(=O)[C@H]2[C@H](ON(C)[C@H]2c2ccco2)C1=O. The molecule has 3 rings (SSSR count). The van der Waals surface area contributed by atoms with E-state index in [0.717, 1.165) is 4.90 Å². The highest BCUT2D eigenvalue weighted by molar-refractivity contribution is 6.06. The molecule has 2 fully saturated rings. The van der Waals surface area contributed by atoms with E-state index in [9.17, 15) is 9.59 Å². The van der Waals surface area contributed by atoms with Crippen LogP contribution in [-0.4, -0.2) is 42.0 Å². The average molecular weight is 236 g/mol. The van der Waals surface area contributed by atoms with Crippen LogP contribution >= 0.6 is 0 Å². The third-order valence-electron chi connectivity index (χ3n) is 3.36. The molecule has 0 N–H and O–H groups in total. The number of imide groups is 1. The molecule has 3 heterocycles. The summed E-state index contributed by atoms with van der Waals surface area (Å²) in [7, 11) is 3.18. The van der Waals surface area contributed by atoms with Gasteiger partial charge in [-0.25, -0.2) is 0 Å². The van der Waals surface area contributed by atoms with E-state index >= 15 is 0 Å². The predicted molar refractivity (Wildman–Crippen MR) is 55.4 cm³/mol. The molecule has 1 aromatic heterocycles. The average Bonchev–Trinajstić information content (AvgIpc) is 2.96. The van der Waals surface area contributed by atoms with E-state index in [4.69, 9.17) is 9.25 Å². The molecule has 0 aliphatic carbocycles. The van der Waals surface area contributed by atoms with Gasteiger partial charge >= 0.3 is 0 Å². The lowest BCUT2D eigenvalue weighted by atomic mass is 9.95. The lowest BCUT2D eigenvalue weighted by Crippen LogP contribution is -2.33. The number of hydrogen-bond acceptors (Lipinski definition) is 5. The number of hydroxylamine groups is 2. The van der Waals surface area contributed by atoms with Crippen LogP contribution < -0.4 is 0 Å². The van der Waals surface area contributed by atoms with Crippen molar-refractivity contribution in [2.75, 3.05) is 14.1 Å². The summed E-state index contributed by atoms with van der Waals surface area (Å²) in [5.74, 6) is -0.383. The minimum atomic E-state index is -0.715. The Kier molecular flexibility index (Phi) is 2.11. The number of carbonyl (C=O) groups excluding carboxylic acids is 2. The topological polar surface area (TPSA) is 63.0 Å². The molecule has 3 atom stereocenters. The van der Waals surface area contributed by atoms with E-state index in [1.165, 1.54) is 12.1 Å². The first kappa shape index (κ1) is 10.5. The molecular weight excluding hydrogens is 224 g/mol. The number of likely N-dealkylation sites (tertiary alicyclic amines) is 1. The Labute approximate surface area is 97.7 Å². The zero-order chi connectivity index (χ0) is 12.2. The molecule has 2 aliphatic rings. The van der Waals surface area contributed by atoms with E-state index in [2.05, 4.69) is 0 Å². The van der Waals surface area contributed by atoms with Crippen molar-refractivity contribution < 1.29 is 18.8 Å². The summed E-state index contributed by atoms with van der Waals surface area (Å²) in [6.07, 6.45) is 0.828. The Hall–Kier alpha value is -1.66. The van der Waals surface area contributed by atoms with Gasteiger partial charge in [0, 0.05) is 14.1 Å². The van der Waals surface area contributed by atoms with Gasteiger partial charge in [0.25, 0.3) is 5.91 Å². The summed E-state index contributed by atoms with van der Waals surface area (Å²) < 4.78 is 5.31. The smallest absolute Gasteiger partial charge is 0.261 e. The standard InChI is InChI=1S/C11H12N2O4/c1-12-10(14)7-8(6-4-3-5-16-6)13(2)17-9(7)11(12)15/h3-5,7-9H,1-2H3/t7-,8+,9+/m1/s1. The normalized spacial score (nSPS) is 33.5. The second kappa shape index (κ2) is 3.41. The van der Waals surface area contributed by atoms with Crippen LogP contribution in [0.1, 0.15) is 11.8 Å². The van der Waals surface area contributed by atoms with E-state index in [1.807, 2.05) is 0 Å². The van der Waals surface area contributed by atoms with Gasteiger partial charge in [-0.1, -0.05) is 0 Å². The molecule has 6 heteroatoms. The monoisotopic (exact) mass is 236 g/mol. The van der Waals surface area contributed by atoms with Crippen LogP contribution in [-0.2, 0) is 14.4 Å². The molecule has 0 radical (unpaired) electrons. The molecule has 2 amide bonds. The summed E-state index contributed by atoms with van der Waals surface area (Å²) >= 11 is 0. The number of furan rings is 1. The minimum Gasteiger partial charge on any atom is -0.468 e. The van der Waals surface area contributed by atoms with Gasteiger partial charge in [-0.05, 0) is 12.1 Å². The quantitative estimate of drug-likeness (QED) is 0.651.